The average Bonchev–Trinajstić information content (AvgIpc) is 2.84. The fraction of sp³-hybridized carbons (Fsp3) is 0.438. The zero-order valence-corrected chi connectivity index (χ0v) is 21.5. The van der Waals surface area contributed by atoms with Crippen LogP contribution < -0.4 is 0 Å². The predicted molar refractivity (Wildman–Crippen MR) is 146 cm³/mol. The molecule has 0 unspecified atom stereocenters. The van der Waals surface area contributed by atoms with Gasteiger partial charge in [-0.3, -0.25) is 0 Å². The number of hydrogen-bond acceptors (Lipinski definition) is 0. The second-order valence-corrected chi connectivity index (χ2v) is 8.44. The molecule has 0 spiro atoms. The zero-order valence-electron chi connectivity index (χ0n) is 20.8. The maximum atomic E-state index is 5.78. The first-order valence-corrected chi connectivity index (χ1v) is 12.9. The maximum Gasteiger partial charge on any atom is 0.0406 e. The van der Waals surface area contributed by atoms with Gasteiger partial charge in [-0.05, 0) is 67.8 Å². The smallest absolute Gasteiger partial charge is 0.0406 e. The van der Waals surface area contributed by atoms with Gasteiger partial charge in [0, 0.05) is 41.0 Å². The van der Waals surface area contributed by atoms with Gasteiger partial charge in [-0.25, -0.2) is 0 Å². The van der Waals surface area contributed by atoms with Crippen molar-refractivity contribution in [2.75, 3.05) is 0 Å². The highest BCUT2D eigenvalue weighted by molar-refractivity contribution is 6.30. The first-order chi connectivity index (χ1) is 16.2. The molecule has 0 nitrogen and oxygen atoms in total. The van der Waals surface area contributed by atoms with Crippen LogP contribution in [-0.4, -0.2) is 0 Å². The second-order valence-electron chi connectivity index (χ2n) is 8.01. The van der Waals surface area contributed by atoms with Crippen LogP contribution >= 0.6 is 11.6 Å². The fourth-order valence-corrected chi connectivity index (χ4v) is 2.96. The Morgan fingerprint density at radius 2 is 0.848 bits per heavy atom. The van der Waals surface area contributed by atoms with Crippen LogP contribution in [-0.2, 0) is 0 Å². The van der Waals surface area contributed by atoms with Gasteiger partial charge in [-0.1, -0.05) is 100.0 Å². The van der Waals surface area contributed by atoms with Crippen molar-refractivity contribution < 1.29 is 0 Å². The minimum absolute atomic E-state index is 0.767. The second kappa shape index (κ2) is 20.0. The molecule has 0 aliphatic heterocycles. The zero-order chi connectivity index (χ0) is 24.0. The van der Waals surface area contributed by atoms with Gasteiger partial charge in [0.25, 0.3) is 0 Å². The van der Waals surface area contributed by atoms with Crippen molar-refractivity contribution >= 4 is 11.6 Å². The molecule has 2 rings (SSSR count). The first kappa shape index (κ1) is 28.4. The number of rotatable bonds is 8. The van der Waals surface area contributed by atoms with Crippen LogP contribution in [0.15, 0.2) is 48.5 Å². The highest BCUT2D eigenvalue weighted by atomic mass is 35.5. The lowest BCUT2D eigenvalue weighted by atomic mass is 10.1. The molecule has 174 valence electrons. The van der Waals surface area contributed by atoms with E-state index in [0.29, 0.717) is 0 Å². The molecule has 0 amide bonds. The largest absolute Gasteiger partial charge is 0.0979 e. The van der Waals surface area contributed by atoms with E-state index < -0.39 is 0 Å². The van der Waals surface area contributed by atoms with Crippen LogP contribution in [0.3, 0.4) is 0 Å². The van der Waals surface area contributed by atoms with Crippen molar-refractivity contribution in [3.05, 3.63) is 70.2 Å². The van der Waals surface area contributed by atoms with Gasteiger partial charge < -0.3 is 0 Å². The Morgan fingerprint density at radius 3 is 1.24 bits per heavy atom. The molecule has 1 heteroatoms. The van der Waals surface area contributed by atoms with E-state index in [1.54, 1.807) is 0 Å². The molecule has 0 radical (unpaired) electrons. The lowest BCUT2D eigenvalue weighted by Crippen LogP contribution is -1.77. The molecule has 0 aromatic heterocycles. The maximum absolute atomic E-state index is 5.78. The van der Waals surface area contributed by atoms with Crippen LogP contribution in [0.5, 0.6) is 0 Å². The minimum atomic E-state index is 0.767. The molecule has 2 aromatic carbocycles. The fourth-order valence-electron chi connectivity index (χ4n) is 2.83. The molecule has 0 saturated heterocycles. The van der Waals surface area contributed by atoms with Gasteiger partial charge >= 0.3 is 0 Å². The van der Waals surface area contributed by atoms with Crippen molar-refractivity contribution in [2.24, 2.45) is 0 Å². The van der Waals surface area contributed by atoms with Crippen molar-refractivity contribution in [2.45, 2.75) is 91.4 Å². The summed E-state index contributed by atoms with van der Waals surface area (Å²) in [6, 6.07) is 15.9. The van der Waals surface area contributed by atoms with E-state index in [-0.39, 0.29) is 0 Å². The predicted octanol–water partition coefficient (Wildman–Crippen LogP) is 9.43. The normalized spacial score (nSPS) is 9.21. The van der Waals surface area contributed by atoms with Gasteiger partial charge in [0.2, 0.25) is 0 Å². The van der Waals surface area contributed by atoms with E-state index in [4.69, 9.17) is 11.6 Å². The summed E-state index contributed by atoms with van der Waals surface area (Å²) < 4.78 is 0. The Balaban J connectivity index is 0.000000335. The molecule has 0 atom stereocenters. The summed E-state index contributed by atoms with van der Waals surface area (Å²) >= 11 is 5.78. The summed E-state index contributed by atoms with van der Waals surface area (Å²) in [5, 5.41) is 0.767. The summed E-state index contributed by atoms with van der Waals surface area (Å²) in [6.45, 7) is 6.60. The van der Waals surface area contributed by atoms with Crippen molar-refractivity contribution in [1.82, 2.24) is 0 Å². The molecule has 0 bridgehead atoms. The third kappa shape index (κ3) is 15.8. The van der Waals surface area contributed by atoms with E-state index in [1.807, 2.05) is 24.3 Å². The summed E-state index contributed by atoms with van der Waals surface area (Å²) in [4.78, 5) is 0. The van der Waals surface area contributed by atoms with Gasteiger partial charge in [0.15, 0.2) is 0 Å². The SMILES string of the molecule is CCCCC#Cc1ccc(C#CCCCC)cc1.CCCCCCC#Cc1ccc(Cl)cc1. The highest BCUT2D eigenvalue weighted by Crippen LogP contribution is 2.08. The molecule has 0 aliphatic carbocycles. The summed E-state index contributed by atoms with van der Waals surface area (Å²) in [7, 11) is 0. The molecular formula is C32H39Cl. The number of halogens is 1. The topological polar surface area (TPSA) is 0 Å². The minimum Gasteiger partial charge on any atom is -0.0979 e. The van der Waals surface area contributed by atoms with Crippen LogP contribution in [0.25, 0.3) is 0 Å². The van der Waals surface area contributed by atoms with E-state index in [0.717, 1.165) is 41.0 Å². The van der Waals surface area contributed by atoms with Crippen molar-refractivity contribution in [3.8, 4) is 35.5 Å². The first-order valence-electron chi connectivity index (χ1n) is 12.5. The van der Waals surface area contributed by atoms with Crippen LogP contribution in [0.2, 0.25) is 5.02 Å². The summed E-state index contributed by atoms with van der Waals surface area (Å²) in [5.74, 6) is 19.1. The molecule has 2 aromatic rings. The molecular weight excluding hydrogens is 420 g/mol. The van der Waals surface area contributed by atoms with E-state index in [1.165, 1.54) is 51.4 Å². The lowest BCUT2D eigenvalue weighted by molar-refractivity contribution is 0.679. The van der Waals surface area contributed by atoms with E-state index in [2.05, 4.69) is 80.6 Å². The van der Waals surface area contributed by atoms with E-state index in [9.17, 15) is 0 Å². The standard InChI is InChI=1S/C18H22.C14H17Cl/c1-3-5-7-9-11-17-13-15-18(16-14-17)12-10-8-6-4-2;1-2-3-4-5-6-7-8-13-9-11-14(15)12-10-13/h13-16H,3-8H2,1-2H3;9-12H,2-6H2,1H3. The molecule has 0 heterocycles. The lowest BCUT2D eigenvalue weighted by Gasteiger charge is -1.92. The number of benzene rings is 2. The molecule has 0 fully saturated rings. The Hall–Kier alpha value is -2.59. The Kier molecular flexibility index (Phi) is 17.3. The number of hydrogen-bond donors (Lipinski definition) is 0. The van der Waals surface area contributed by atoms with E-state index >= 15 is 0 Å². The molecule has 0 N–H and O–H groups in total. The Morgan fingerprint density at radius 1 is 0.485 bits per heavy atom. The average molecular weight is 459 g/mol. The van der Waals surface area contributed by atoms with Gasteiger partial charge in [0.05, 0.1) is 0 Å². The molecule has 33 heavy (non-hydrogen) atoms. The Bertz CT molecular complexity index is 887. The highest BCUT2D eigenvalue weighted by Gasteiger charge is 1.89. The van der Waals surface area contributed by atoms with Gasteiger partial charge in [0.1, 0.15) is 0 Å². The summed E-state index contributed by atoms with van der Waals surface area (Å²) in [6.07, 6.45) is 12.9. The molecule has 0 saturated carbocycles. The number of unbranched alkanes of at least 4 members (excludes halogenated alkanes) is 8. The quantitative estimate of drug-likeness (QED) is 0.273. The monoisotopic (exact) mass is 458 g/mol. The van der Waals surface area contributed by atoms with Crippen LogP contribution in [0.1, 0.15) is 108 Å². The summed E-state index contributed by atoms with van der Waals surface area (Å²) in [5.41, 5.74) is 3.23. The van der Waals surface area contributed by atoms with Crippen LogP contribution in [0, 0.1) is 35.5 Å². The molecule has 0 aliphatic rings. The van der Waals surface area contributed by atoms with Gasteiger partial charge in [-0.15, -0.1) is 0 Å². The Labute approximate surface area is 208 Å². The third-order valence-electron chi connectivity index (χ3n) is 4.89. The van der Waals surface area contributed by atoms with Gasteiger partial charge in [-0.2, -0.15) is 0 Å². The van der Waals surface area contributed by atoms with Crippen molar-refractivity contribution in [3.63, 3.8) is 0 Å². The van der Waals surface area contributed by atoms with Crippen LogP contribution in [0.4, 0.5) is 0 Å². The van der Waals surface area contributed by atoms with Crippen molar-refractivity contribution in [1.29, 1.82) is 0 Å². The third-order valence-corrected chi connectivity index (χ3v) is 5.15.